The maximum Gasteiger partial charge on any atom is 0.435 e. The van der Waals surface area contributed by atoms with Crippen LogP contribution in [0.5, 0.6) is 11.5 Å². The van der Waals surface area contributed by atoms with Crippen molar-refractivity contribution in [2.75, 3.05) is 45.1 Å². The van der Waals surface area contributed by atoms with E-state index >= 15 is 0 Å². The summed E-state index contributed by atoms with van der Waals surface area (Å²) in [6.07, 6.45) is -5.00. The average Bonchev–Trinajstić information content (AvgIpc) is 3.42. The highest BCUT2D eigenvalue weighted by Crippen LogP contribution is 2.38. The molecule has 1 aliphatic rings. The average molecular weight is 608 g/mol. The van der Waals surface area contributed by atoms with E-state index in [-0.39, 0.29) is 47.1 Å². The Morgan fingerprint density at radius 1 is 0.955 bits per heavy atom. The molecule has 0 saturated heterocycles. The minimum atomic E-state index is -4.86. The summed E-state index contributed by atoms with van der Waals surface area (Å²) in [5.74, 6) is -0.908. The summed E-state index contributed by atoms with van der Waals surface area (Å²) in [4.78, 5) is 42.5. The summed E-state index contributed by atoms with van der Waals surface area (Å²) in [5, 5.41) is 6.57. The lowest BCUT2D eigenvalue weighted by molar-refractivity contribution is -0.141. The number of anilines is 2. The molecule has 0 atom stereocenters. The number of halogens is 3. The number of nitrogens with one attached hydrogen (secondary N) is 1. The number of fused-ring (bicyclic) bond motifs is 1. The molecule has 0 saturated carbocycles. The Balaban J connectivity index is 1.60. The third-order valence-electron chi connectivity index (χ3n) is 7.12. The first-order valence-electron chi connectivity index (χ1n) is 13.4. The number of benzene rings is 3. The van der Waals surface area contributed by atoms with Crippen LogP contribution < -0.4 is 19.7 Å². The number of methoxy groups -OCH3 is 2. The molecule has 3 amide bonds. The van der Waals surface area contributed by atoms with E-state index in [1.807, 2.05) is 0 Å². The maximum absolute atomic E-state index is 14.2. The molecule has 4 aromatic rings. The molecular formula is C31H28F3N5O5. The second kappa shape index (κ2) is 11.7. The van der Waals surface area contributed by atoms with E-state index in [1.165, 1.54) is 42.2 Å². The van der Waals surface area contributed by atoms with Gasteiger partial charge in [-0.3, -0.25) is 14.4 Å². The fraction of sp³-hybridized carbons (Fsp3) is 0.226. The third-order valence-corrected chi connectivity index (χ3v) is 7.12. The standard InChI is InChI=1S/C31H28F3N5O5/c1-37(2)29(41)18-8-10-20(11-9-18)38-15-14-23-26(30(38)42)39(36-27(23)31(32,33)34)25-13-12-22(44-4)17-24(25)28(40)35-19-6-5-7-21(16-19)43-3/h5-13,16-17H,14-15H2,1-4H3,(H,35,40). The van der Waals surface area contributed by atoms with Crippen molar-refractivity contribution in [2.24, 2.45) is 0 Å². The SMILES string of the molecule is COc1cccc(NC(=O)c2cc(OC)ccc2-n2nc(C(F)(F)F)c3c2C(=O)N(c2ccc(C(=O)N(C)C)cc2)CC3)c1. The number of amides is 3. The molecule has 0 unspecified atom stereocenters. The van der Waals surface area contributed by atoms with E-state index in [0.29, 0.717) is 22.7 Å². The molecule has 10 nitrogen and oxygen atoms in total. The summed E-state index contributed by atoms with van der Waals surface area (Å²) in [5.41, 5.74) is -0.780. The molecule has 228 valence electrons. The molecule has 5 rings (SSSR count). The molecule has 0 fully saturated rings. The Kier molecular flexibility index (Phi) is 8.05. The van der Waals surface area contributed by atoms with Gasteiger partial charge in [0, 0.05) is 49.2 Å². The van der Waals surface area contributed by atoms with Gasteiger partial charge in [-0.15, -0.1) is 0 Å². The highest BCUT2D eigenvalue weighted by atomic mass is 19.4. The van der Waals surface area contributed by atoms with Crippen LogP contribution in [-0.2, 0) is 12.6 Å². The summed E-state index contributed by atoms with van der Waals surface area (Å²) in [6.45, 7) is -0.0482. The summed E-state index contributed by atoms with van der Waals surface area (Å²) in [6, 6.07) is 17.0. The van der Waals surface area contributed by atoms with Crippen LogP contribution in [0.25, 0.3) is 5.69 Å². The fourth-order valence-electron chi connectivity index (χ4n) is 4.96. The molecule has 13 heteroatoms. The first-order valence-corrected chi connectivity index (χ1v) is 13.4. The quantitative estimate of drug-likeness (QED) is 0.315. The molecule has 3 aromatic carbocycles. The zero-order valence-corrected chi connectivity index (χ0v) is 24.2. The molecule has 44 heavy (non-hydrogen) atoms. The van der Waals surface area contributed by atoms with Crippen LogP contribution in [0, 0.1) is 0 Å². The predicted octanol–water partition coefficient (Wildman–Crippen LogP) is 5.07. The van der Waals surface area contributed by atoms with Crippen LogP contribution >= 0.6 is 0 Å². The Hall–Kier alpha value is -5.33. The van der Waals surface area contributed by atoms with Gasteiger partial charge in [-0.1, -0.05) is 6.07 Å². The summed E-state index contributed by atoms with van der Waals surface area (Å²) < 4.78 is 54.0. The minimum Gasteiger partial charge on any atom is -0.497 e. The van der Waals surface area contributed by atoms with Gasteiger partial charge in [0.05, 0.1) is 25.5 Å². The van der Waals surface area contributed by atoms with Gasteiger partial charge >= 0.3 is 6.18 Å². The highest BCUT2D eigenvalue weighted by Gasteiger charge is 2.43. The molecule has 0 spiro atoms. The van der Waals surface area contributed by atoms with Crippen LogP contribution in [0.3, 0.4) is 0 Å². The van der Waals surface area contributed by atoms with Crippen molar-refractivity contribution in [2.45, 2.75) is 12.6 Å². The Bertz CT molecular complexity index is 1750. The van der Waals surface area contributed by atoms with Gasteiger partial charge < -0.3 is 24.6 Å². The van der Waals surface area contributed by atoms with Gasteiger partial charge in [-0.25, -0.2) is 4.68 Å². The lowest BCUT2D eigenvalue weighted by atomic mass is 10.0. The van der Waals surface area contributed by atoms with Crippen LogP contribution in [0.15, 0.2) is 66.7 Å². The maximum atomic E-state index is 14.2. The molecule has 1 aromatic heterocycles. The highest BCUT2D eigenvalue weighted by molar-refractivity contribution is 6.10. The van der Waals surface area contributed by atoms with Crippen LogP contribution in [0.1, 0.15) is 42.5 Å². The van der Waals surface area contributed by atoms with Gasteiger partial charge in [-0.05, 0) is 61.0 Å². The van der Waals surface area contributed by atoms with Crippen molar-refractivity contribution in [1.82, 2.24) is 14.7 Å². The normalized spacial score (nSPS) is 12.9. The van der Waals surface area contributed by atoms with Crippen molar-refractivity contribution in [3.05, 3.63) is 94.8 Å². The number of aromatic nitrogens is 2. The lowest BCUT2D eigenvalue weighted by Gasteiger charge is -2.28. The van der Waals surface area contributed by atoms with E-state index < -0.39 is 23.7 Å². The van der Waals surface area contributed by atoms with Crippen LogP contribution in [-0.4, -0.2) is 67.3 Å². The van der Waals surface area contributed by atoms with Crippen LogP contribution in [0.4, 0.5) is 24.5 Å². The van der Waals surface area contributed by atoms with Crippen molar-refractivity contribution in [3.8, 4) is 17.2 Å². The van der Waals surface area contributed by atoms with Gasteiger partial charge in [-0.2, -0.15) is 18.3 Å². The van der Waals surface area contributed by atoms with Gasteiger partial charge in [0.2, 0.25) is 0 Å². The number of carbonyl (C=O) groups excluding carboxylic acids is 3. The molecule has 0 bridgehead atoms. The van der Waals surface area contributed by atoms with Gasteiger partial charge in [0.25, 0.3) is 17.7 Å². The molecule has 2 heterocycles. The molecule has 1 aliphatic heterocycles. The van der Waals surface area contributed by atoms with Gasteiger partial charge in [0.1, 0.15) is 17.2 Å². The largest absolute Gasteiger partial charge is 0.497 e. The second-order valence-corrected chi connectivity index (χ2v) is 10.1. The zero-order valence-electron chi connectivity index (χ0n) is 24.2. The summed E-state index contributed by atoms with van der Waals surface area (Å²) >= 11 is 0. The molecule has 0 radical (unpaired) electrons. The third kappa shape index (κ3) is 5.68. The Morgan fingerprint density at radius 2 is 1.64 bits per heavy atom. The number of hydrogen-bond donors (Lipinski definition) is 1. The fourth-order valence-corrected chi connectivity index (χ4v) is 4.96. The molecular weight excluding hydrogens is 579 g/mol. The monoisotopic (exact) mass is 607 g/mol. The first kappa shape index (κ1) is 30.1. The Labute approximate surface area is 250 Å². The number of alkyl halides is 3. The smallest absolute Gasteiger partial charge is 0.435 e. The van der Waals surface area contributed by atoms with E-state index in [2.05, 4.69) is 10.4 Å². The van der Waals surface area contributed by atoms with E-state index in [9.17, 15) is 27.6 Å². The lowest BCUT2D eigenvalue weighted by Crippen LogP contribution is -2.39. The van der Waals surface area contributed by atoms with E-state index in [4.69, 9.17) is 9.47 Å². The number of hydrogen-bond acceptors (Lipinski definition) is 6. The van der Waals surface area contributed by atoms with Crippen molar-refractivity contribution >= 4 is 29.1 Å². The molecule has 0 aliphatic carbocycles. The van der Waals surface area contributed by atoms with E-state index in [1.54, 1.807) is 62.6 Å². The van der Waals surface area contributed by atoms with Crippen molar-refractivity contribution in [3.63, 3.8) is 0 Å². The van der Waals surface area contributed by atoms with E-state index in [0.717, 1.165) is 4.68 Å². The van der Waals surface area contributed by atoms with Crippen LogP contribution in [0.2, 0.25) is 0 Å². The van der Waals surface area contributed by atoms with Gasteiger partial charge in [0.15, 0.2) is 5.69 Å². The van der Waals surface area contributed by atoms with Crippen molar-refractivity contribution in [1.29, 1.82) is 0 Å². The number of rotatable bonds is 7. The number of ether oxygens (including phenoxy) is 2. The zero-order chi connectivity index (χ0) is 31.8. The van der Waals surface area contributed by atoms with Crippen molar-refractivity contribution < 1.29 is 37.0 Å². The first-order chi connectivity index (χ1) is 20.9. The second-order valence-electron chi connectivity index (χ2n) is 10.1. The number of carbonyl (C=O) groups is 3. The summed E-state index contributed by atoms with van der Waals surface area (Å²) in [7, 11) is 6.07. The Morgan fingerprint density at radius 3 is 2.27 bits per heavy atom. The molecule has 1 N–H and O–H groups in total. The topological polar surface area (TPSA) is 106 Å². The minimum absolute atomic E-state index is 0.0482. The number of nitrogens with zero attached hydrogens (tertiary/aromatic N) is 4. The predicted molar refractivity (Wildman–Crippen MR) is 156 cm³/mol.